The van der Waals surface area contributed by atoms with Gasteiger partial charge in [-0.3, -0.25) is 9.59 Å². The van der Waals surface area contributed by atoms with Gasteiger partial charge in [0.1, 0.15) is 23.5 Å². The molecule has 4 rings (SSSR count). The van der Waals surface area contributed by atoms with Crippen LogP contribution >= 0.6 is 0 Å². The van der Waals surface area contributed by atoms with Crippen LogP contribution in [0.25, 0.3) is 0 Å². The summed E-state index contributed by atoms with van der Waals surface area (Å²) in [6.45, 7) is 2.69. The third kappa shape index (κ3) is 6.63. The van der Waals surface area contributed by atoms with Crippen molar-refractivity contribution >= 4 is 17.6 Å². The Hall–Kier alpha value is -3.07. The molecule has 9 heteroatoms. The van der Waals surface area contributed by atoms with E-state index in [0.717, 1.165) is 44.1 Å². The van der Waals surface area contributed by atoms with Crippen LogP contribution in [-0.2, 0) is 16.1 Å². The molecule has 3 N–H and O–H groups in total. The van der Waals surface area contributed by atoms with E-state index in [0.29, 0.717) is 30.9 Å². The van der Waals surface area contributed by atoms with Crippen molar-refractivity contribution in [1.29, 1.82) is 0 Å². The lowest BCUT2D eigenvalue weighted by Crippen LogP contribution is -2.55. The number of likely N-dealkylation sites (tertiary alicyclic amines) is 1. The highest BCUT2D eigenvalue weighted by Crippen LogP contribution is 2.36. The molecule has 2 aromatic rings. The highest BCUT2D eigenvalue weighted by atomic mass is 19.1. The molecule has 1 aromatic carbocycles. The molecule has 2 fully saturated rings. The molecule has 2 heterocycles. The molecule has 0 bridgehead atoms. The minimum atomic E-state index is -0.620. The van der Waals surface area contributed by atoms with Crippen molar-refractivity contribution in [3.05, 3.63) is 59.3 Å². The number of halogens is 2. The van der Waals surface area contributed by atoms with Gasteiger partial charge in [-0.05, 0) is 69.3 Å². The maximum atomic E-state index is 15.0. The predicted octanol–water partition coefficient (Wildman–Crippen LogP) is 4.31. The van der Waals surface area contributed by atoms with Crippen LogP contribution in [-0.4, -0.2) is 47.4 Å². The van der Waals surface area contributed by atoms with E-state index in [4.69, 9.17) is 0 Å². The first kappa shape index (κ1) is 27.0. The van der Waals surface area contributed by atoms with Crippen LogP contribution in [0, 0.1) is 17.6 Å². The van der Waals surface area contributed by atoms with Gasteiger partial charge in [-0.1, -0.05) is 31.4 Å². The van der Waals surface area contributed by atoms with Crippen molar-refractivity contribution < 1.29 is 18.4 Å². The molecular formula is C28H37F2N5O2. The third-order valence-corrected chi connectivity index (χ3v) is 7.68. The summed E-state index contributed by atoms with van der Waals surface area (Å²) in [5.41, 5.74) is 1.29. The summed E-state index contributed by atoms with van der Waals surface area (Å²) in [6.07, 6.45) is 7.58. The van der Waals surface area contributed by atoms with Gasteiger partial charge in [-0.15, -0.1) is 0 Å². The fraction of sp³-hybridized carbons (Fsp3) is 0.536. The quantitative estimate of drug-likeness (QED) is 0.465. The van der Waals surface area contributed by atoms with Crippen molar-refractivity contribution in [2.75, 3.05) is 18.9 Å². The second kappa shape index (κ2) is 12.4. The van der Waals surface area contributed by atoms with E-state index >= 15 is 4.39 Å². The molecule has 0 radical (unpaired) electrons. The average molecular weight is 514 g/mol. The van der Waals surface area contributed by atoms with Gasteiger partial charge >= 0.3 is 0 Å². The summed E-state index contributed by atoms with van der Waals surface area (Å²) in [6, 6.07) is 6.34. The molecular weight excluding hydrogens is 476 g/mol. The molecule has 1 saturated carbocycles. The topological polar surface area (TPSA) is 86.4 Å². The Bertz CT molecular complexity index is 1070. The predicted molar refractivity (Wildman–Crippen MR) is 139 cm³/mol. The van der Waals surface area contributed by atoms with Crippen molar-refractivity contribution in [2.45, 2.75) is 76.5 Å². The van der Waals surface area contributed by atoms with Crippen LogP contribution in [0.3, 0.4) is 0 Å². The highest BCUT2D eigenvalue weighted by molar-refractivity contribution is 5.90. The molecule has 2 aliphatic rings. The van der Waals surface area contributed by atoms with E-state index in [2.05, 4.69) is 20.9 Å². The normalized spacial score (nSPS) is 19.9. The van der Waals surface area contributed by atoms with Crippen LogP contribution in [0.5, 0.6) is 0 Å². The van der Waals surface area contributed by atoms with Gasteiger partial charge in [0.25, 0.3) is 0 Å². The lowest BCUT2D eigenvalue weighted by Gasteiger charge is -2.35. The van der Waals surface area contributed by atoms with E-state index in [1.54, 1.807) is 37.1 Å². The van der Waals surface area contributed by atoms with E-state index in [1.165, 1.54) is 18.3 Å². The van der Waals surface area contributed by atoms with E-state index in [9.17, 15) is 14.0 Å². The zero-order valence-electron chi connectivity index (χ0n) is 21.6. The van der Waals surface area contributed by atoms with Gasteiger partial charge < -0.3 is 20.9 Å². The van der Waals surface area contributed by atoms with Crippen LogP contribution < -0.4 is 16.0 Å². The summed E-state index contributed by atoms with van der Waals surface area (Å²) in [4.78, 5) is 32.6. The van der Waals surface area contributed by atoms with Crippen molar-refractivity contribution in [3.63, 3.8) is 0 Å². The number of amides is 2. The van der Waals surface area contributed by atoms with Gasteiger partial charge in [-0.2, -0.15) is 0 Å². The monoisotopic (exact) mass is 513 g/mol. The molecule has 2 amide bonds. The second-order valence-electron chi connectivity index (χ2n) is 10.2. The lowest BCUT2D eigenvalue weighted by atomic mass is 9.83. The first-order chi connectivity index (χ1) is 17.9. The minimum Gasteiger partial charge on any atom is -0.366 e. The second-order valence-corrected chi connectivity index (χ2v) is 10.2. The lowest BCUT2D eigenvalue weighted by molar-refractivity contribution is -0.139. The molecule has 7 nitrogen and oxygen atoms in total. The smallest absolute Gasteiger partial charge is 0.245 e. The van der Waals surface area contributed by atoms with Crippen LogP contribution in [0.15, 0.2) is 36.5 Å². The molecule has 200 valence electrons. The Morgan fingerprint density at radius 1 is 1.08 bits per heavy atom. The molecule has 0 unspecified atom stereocenters. The molecule has 1 aliphatic carbocycles. The number of likely N-dealkylation sites (N-methyl/N-ethyl adjacent to an activating group) is 1. The Morgan fingerprint density at radius 2 is 1.81 bits per heavy atom. The number of carbonyl (C=O) groups is 2. The van der Waals surface area contributed by atoms with E-state index < -0.39 is 23.9 Å². The molecule has 1 saturated heterocycles. The van der Waals surface area contributed by atoms with Crippen LogP contribution in [0.2, 0.25) is 0 Å². The van der Waals surface area contributed by atoms with Gasteiger partial charge in [0.05, 0.1) is 18.3 Å². The molecule has 3 atom stereocenters. The number of aromatic nitrogens is 1. The SMILES string of the molecule is CN[C@@H](C)C(=O)N[C@H](C(=O)N1CCC[C@H]1c1cc(NCc2ccc(F)cc2)ncc1F)C1CCCCC1. The van der Waals surface area contributed by atoms with E-state index in [1.807, 2.05) is 0 Å². The zero-order valence-corrected chi connectivity index (χ0v) is 21.6. The van der Waals surface area contributed by atoms with Crippen molar-refractivity contribution in [1.82, 2.24) is 20.5 Å². The summed E-state index contributed by atoms with van der Waals surface area (Å²) < 4.78 is 28.2. The number of pyridine rings is 1. The highest BCUT2D eigenvalue weighted by Gasteiger charge is 2.39. The molecule has 1 aromatic heterocycles. The third-order valence-electron chi connectivity index (χ3n) is 7.68. The largest absolute Gasteiger partial charge is 0.366 e. The van der Waals surface area contributed by atoms with Gasteiger partial charge in [0.15, 0.2) is 0 Å². The number of hydrogen-bond donors (Lipinski definition) is 3. The number of anilines is 1. The number of nitrogens with one attached hydrogen (secondary N) is 3. The van der Waals surface area contributed by atoms with Crippen LogP contribution in [0.1, 0.15) is 69.0 Å². The molecule has 1 aliphatic heterocycles. The summed E-state index contributed by atoms with van der Waals surface area (Å²) in [5, 5.41) is 9.12. The molecule has 37 heavy (non-hydrogen) atoms. The van der Waals surface area contributed by atoms with Crippen LogP contribution in [0.4, 0.5) is 14.6 Å². The fourth-order valence-corrected chi connectivity index (χ4v) is 5.39. The average Bonchev–Trinajstić information content (AvgIpc) is 3.41. The molecule has 0 spiro atoms. The Balaban J connectivity index is 1.53. The Morgan fingerprint density at radius 3 is 2.51 bits per heavy atom. The Labute approximate surface area is 217 Å². The van der Waals surface area contributed by atoms with Crippen molar-refractivity contribution in [2.24, 2.45) is 5.92 Å². The summed E-state index contributed by atoms with van der Waals surface area (Å²) in [7, 11) is 1.71. The number of hydrogen-bond acceptors (Lipinski definition) is 5. The maximum Gasteiger partial charge on any atom is 0.245 e. The summed E-state index contributed by atoms with van der Waals surface area (Å²) >= 11 is 0. The minimum absolute atomic E-state index is 0.0747. The number of nitrogens with zero attached hydrogens (tertiary/aromatic N) is 2. The number of rotatable bonds is 9. The maximum absolute atomic E-state index is 15.0. The van der Waals surface area contributed by atoms with Gasteiger partial charge in [0.2, 0.25) is 11.8 Å². The number of carbonyl (C=O) groups excluding carboxylic acids is 2. The summed E-state index contributed by atoms with van der Waals surface area (Å²) in [5.74, 6) is -0.544. The van der Waals surface area contributed by atoms with Crippen molar-refractivity contribution in [3.8, 4) is 0 Å². The standard InChI is InChI=1S/C28H37F2N5O2/c1-18(31-2)27(36)34-26(20-7-4-3-5-8-20)28(37)35-14-6-9-24(35)22-15-25(33-17-23(22)30)32-16-19-10-12-21(29)13-11-19/h10-13,15,17-18,20,24,26,31H,3-9,14,16H2,1-2H3,(H,32,33)(H,34,36)/t18-,24-,26-/m0/s1. The van der Waals surface area contributed by atoms with E-state index in [-0.39, 0.29) is 23.5 Å². The fourth-order valence-electron chi connectivity index (χ4n) is 5.39. The van der Waals surface area contributed by atoms with Gasteiger partial charge in [0, 0.05) is 18.7 Å². The first-order valence-corrected chi connectivity index (χ1v) is 13.3. The van der Waals surface area contributed by atoms with Gasteiger partial charge in [-0.25, -0.2) is 13.8 Å². The first-order valence-electron chi connectivity index (χ1n) is 13.3. The number of benzene rings is 1. The zero-order chi connectivity index (χ0) is 26.4. The Kier molecular flexibility index (Phi) is 9.08.